The zero-order chi connectivity index (χ0) is 18.7. The molecule has 1 spiro atoms. The van der Waals surface area contributed by atoms with Gasteiger partial charge >= 0.3 is 6.03 Å². The molecule has 26 heavy (non-hydrogen) atoms. The van der Waals surface area contributed by atoms with E-state index in [-0.39, 0.29) is 18.4 Å². The van der Waals surface area contributed by atoms with Crippen molar-refractivity contribution >= 4 is 29.2 Å². The molecule has 0 bridgehead atoms. The number of nitrogens with zero attached hydrogens (tertiary/aromatic N) is 2. The van der Waals surface area contributed by atoms with E-state index in [1.807, 2.05) is 17.5 Å². The molecule has 2 heterocycles. The Balaban J connectivity index is 1.68. The lowest BCUT2D eigenvalue weighted by atomic mass is 9.77. The molecule has 0 aromatic carbocycles. The number of urea groups is 1. The molecule has 0 radical (unpaired) electrons. The maximum atomic E-state index is 12.9. The minimum absolute atomic E-state index is 0.221. The second kappa shape index (κ2) is 7.61. The Morgan fingerprint density at radius 2 is 2.19 bits per heavy atom. The first-order chi connectivity index (χ1) is 12.4. The van der Waals surface area contributed by atoms with Crippen molar-refractivity contribution in [2.24, 2.45) is 5.92 Å². The lowest BCUT2D eigenvalue weighted by Crippen LogP contribution is -2.50. The molecule has 1 aliphatic carbocycles. The summed E-state index contributed by atoms with van der Waals surface area (Å²) >= 11 is 1.57. The van der Waals surface area contributed by atoms with Gasteiger partial charge in [-0.1, -0.05) is 19.1 Å². The molecule has 1 N–H and O–H groups in total. The van der Waals surface area contributed by atoms with Gasteiger partial charge in [-0.05, 0) is 43.0 Å². The standard InChI is InChI=1S/C19H25N3O3S/c1-3-10-21(12-15-5-4-11-26-15)16(23)13-22-17(24)19(20-18(22)25)8-6-14(2)7-9-19/h3-5,11,14H,1,6-10,12-13H2,2H3,(H,20,25). The Hall–Kier alpha value is -2.15. The SMILES string of the molecule is C=CCN(Cc1cccs1)C(=O)CN1C(=O)NC2(CCC(C)CC2)C1=O. The molecule has 1 aliphatic heterocycles. The number of imide groups is 1. The molecule has 4 amide bonds. The molecule has 7 heteroatoms. The van der Waals surface area contributed by atoms with Crippen LogP contribution in [0.5, 0.6) is 0 Å². The summed E-state index contributed by atoms with van der Waals surface area (Å²) in [5.74, 6) is 0.0651. The summed E-state index contributed by atoms with van der Waals surface area (Å²) in [6.07, 6.45) is 4.77. The molecule has 2 aliphatic rings. The summed E-state index contributed by atoms with van der Waals surface area (Å²) < 4.78 is 0. The third-order valence-electron chi connectivity index (χ3n) is 5.30. The van der Waals surface area contributed by atoms with Gasteiger partial charge in [0.25, 0.3) is 5.91 Å². The molecule has 1 aromatic heterocycles. The van der Waals surface area contributed by atoms with Gasteiger partial charge in [0.15, 0.2) is 0 Å². The van der Waals surface area contributed by atoms with E-state index in [0.717, 1.165) is 22.6 Å². The fourth-order valence-corrected chi connectivity index (χ4v) is 4.37. The summed E-state index contributed by atoms with van der Waals surface area (Å²) in [5, 5.41) is 4.82. The summed E-state index contributed by atoms with van der Waals surface area (Å²) in [6, 6.07) is 3.44. The highest BCUT2D eigenvalue weighted by molar-refractivity contribution is 7.09. The minimum Gasteiger partial charge on any atom is -0.332 e. The highest BCUT2D eigenvalue weighted by Crippen LogP contribution is 2.36. The van der Waals surface area contributed by atoms with Crippen LogP contribution in [-0.2, 0) is 16.1 Å². The second-order valence-electron chi connectivity index (χ2n) is 7.23. The Kier molecular flexibility index (Phi) is 5.46. The Bertz CT molecular complexity index is 693. The molecule has 0 unspecified atom stereocenters. The quantitative estimate of drug-likeness (QED) is 0.614. The van der Waals surface area contributed by atoms with Crippen LogP contribution in [0.3, 0.4) is 0 Å². The maximum absolute atomic E-state index is 12.9. The lowest BCUT2D eigenvalue weighted by molar-refractivity contribution is -0.139. The number of rotatable bonds is 6. The van der Waals surface area contributed by atoms with Crippen molar-refractivity contribution in [2.45, 2.75) is 44.7 Å². The molecular formula is C19H25N3O3S. The number of nitrogens with one attached hydrogen (secondary N) is 1. The van der Waals surface area contributed by atoms with E-state index in [1.165, 1.54) is 0 Å². The summed E-state index contributed by atoms with van der Waals surface area (Å²) in [4.78, 5) is 41.8. The van der Waals surface area contributed by atoms with Crippen molar-refractivity contribution in [3.8, 4) is 0 Å². The maximum Gasteiger partial charge on any atom is 0.325 e. The van der Waals surface area contributed by atoms with Crippen LogP contribution in [0.2, 0.25) is 0 Å². The second-order valence-corrected chi connectivity index (χ2v) is 8.26. The van der Waals surface area contributed by atoms with E-state index >= 15 is 0 Å². The molecule has 0 atom stereocenters. The van der Waals surface area contributed by atoms with Crippen molar-refractivity contribution in [3.05, 3.63) is 35.0 Å². The van der Waals surface area contributed by atoms with Gasteiger partial charge in [0.2, 0.25) is 5.91 Å². The summed E-state index contributed by atoms with van der Waals surface area (Å²) in [6.45, 7) is 6.47. The first kappa shape index (κ1) is 18.6. The van der Waals surface area contributed by atoms with E-state index in [2.05, 4.69) is 18.8 Å². The predicted octanol–water partition coefficient (Wildman–Crippen LogP) is 2.76. The van der Waals surface area contributed by atoms with Crippen LogP contribution >= 0.6 is 11.3 Å². The molecule has 3 rings (SSSR count). The van der Waals surface area contributed by atoms with Gasteiger partial charge in [0.1, 0.15) is 12.1 Å². The zero-order valence-corrected chi connectivity index (χ0v) is 15.9. The molecular weight excluding hydrogens is 350 g/mol. The van der Waals surface area contributed by atoms with Crippen molar-refractivity contribution < 1.29 is 14.4 Å². The van der Waals surface area contributed by atoms with E-state index < -0.39 is 11.6 Å². The first-order valence-electron chi connectivity index (χ1n) is 9.00. The van der Waals surface area contributed by atoms with Crippen LogP contribution < -0.4 is 5.32 Å². The van der Waals surface area contributed by atoms with Gasteiger partial charge in [0, 0.05) is 11.4 Å². The summed E-state index contributed by atoms with van der Waals surface area (Å²) in [5.41, 5.74) is -0.805. The van der Waals surface area contributed by atoms with Gasteiger partial charge in [-0.2, -0.15) is 0 Å². The fourth-order valence-electron chi connectivity index (χ4n) is 3.65. The zero-order valence-electron chi connectivity index (χ0n) is 15.1. The summed E-state index contributed by atoms with van der Waals surface area (Å²) in [7, 11) is 0. The van der Waals surface area contributed by atoms with Crippen LogP contribution in [-0.4, -0.2) is 46.3 Å². The Morgan fingerprint density at radius 1 is 1.46 bits per heavy atom. The topological polar surface area (TPSA) is 69.7 Å². The first-order valence-corrected chi connectivity index (χ1v) is 9.88. The van der Waals surface area contributed by atoms with Gasteiger partial charge in [0.05, 0.1) is 6.54 Å². The number of amides is 4. The number of hydrogen-bond acceptors (Lipinski definition) is 4. The Labute approximate surface area is 157 Å². The molecule has 2 fully saturated rings. The molecule has 1 saturated heterocycles. The van der Waals surface area contributed by atoms with Crippen LogP contribution in [0.15, 0.2) is 30.2 Å². The van der Waals surface area contributed by atoms with E-state index in [1.54, 1.807) is 22.3 Å². The number of carbonyl (C=O) groups is 3. The number of carbonyl (C=O) groups excluding carboxylic acids is 3. The van der Waals surface area contributed by atoms with E-state index in [9.17, 15) is 14.4 Å². The highest BCUT2D eigenvalue weighted by atomic mass is 32.1. The lowest BCUT2D eigenvalue weighted by Gasteiger charge is -2.33. The van der Waals surface area contributed by atoms with Crippen LogP contribution in [0.1, 0.15) is 37.5 Å². The van der Waals surface area contributed by atoms with Crippen molar-refractivity contribution in [3.63, 3.8) is 0 Å². The fraction of sp³-hybridized carbons (Fsp3) is 0.526. The van der Waals surface area contributed by atoms with Crippen LogP contribution in [0, 0.1) is 5.92 Å². The predicted molar refractivity (Wildman–Crippen MR) is 101 cm³/mol. The molecule has 1 aromatic rings. The van der Waals surface area contributed by atoms with Crippen molar-refractivity contribution in [2.75, 3.05) is 13.1 Å². The minimum atomic E-state index is -0.805. The van der Waals surface area contributed by atoms with Crippen LogP contribution in [0.4, 0.5) is 4.79 Å². The Morgan fingerprint density at radius 3 is 2.81 bits per heavy atom. The average molecular weight is 375 g/mol. The third-order valence-corrected chi connectivity index (χ3v) is 6.16. The van der Waals surface area contributed by atoms with Crippen LogP contribution in [0.25, 0.3) is 0 Å². The van der Waals surface area contributed by atoms with Gasteiger partial charge in [-0.25, -0.2) is 4.79 Å². The van der Waals surface area contributed by atoms with Crippen molar-refractivity contribution in [1.29, 1.82) is 0 Å². The smallest absolute Gasteiger partial charge is 0.325 e. The van der Waals surface area contributed by atoms with E-state index in [0.29, 0.717) is 31.8 Å². The number of thiophene rings is 1. The van der Waals surface area contributed by atoms with Gasteiger partial charge in [-0.3, -0.25) is 14.5 Å². The van der Waals surface area contributed by atoms with Crippen molar-refractivity contribution in [1.82, 2.24) is 15.1 Å². The average Bonchev–Trinajstić information content (AvgIpc) is 3.20. The molecule has 6 nitrogen and oxygen atoms in total. The number of hydrogen-bond donors (Lipinski definition) is 1. The molecule has 140 valence electrons. The third kappa shape index (κ3) is 3.67. The van der Waals surface area contributed by atoms with Gasteiger partial charge < -0.3 is 10.2 Å². The molecule has 1 saturated carbocycles. The highest BCUT2D eigenvalue weighted by Gasteiger charge is 2.52. The monoisotopic (exact) mass is 375 g/mol. The van der Waals surface area contributed by atoms with E-state index in [4.69, 9.17) is 0 Å². The van der Waals surface area contributed by atoms with Gasteiger partial charge in [-0.15, -0.1) is 17.9 Å². The largest absolute Gasteiger partial charge is 0.332 e. The normalized spacial score (nSPS) is 25.4.